The third kappa shape index (κ3) is 1.78. The van der Waals surface area contributed by atoms with E-state index in [-0.39, 0.29) is 6.92 Å². The van der Waals surface area contributed by atoms with Gasteiger partial charge in [0.25, 0.3) is 5.41 Å². The summed E-state index contributed by atoms with van der Waals surface area (Å²) in [5.41, 5.74) is -4.48. The van der Waals surface area contributed by atoms with Crippen molar-refractivity contribution in [1.82, 2.24) is 0 Å². The predicted molar refractivity (Wildman–Crippen MR) is 32.2 cm³/mol. The number of hydrogen-bond acceptors (Lipinski definition) is 2. The van der Waals surface area contributed by atoms with Crippen molar-refractivity contribution < 1.29 is 35.9 Å². The summed E-state index contributed by atoms with van der Waals surface area (Å²) in [5.74, 6) is -2.38. The van der Waals surface area contributed by atoms with E-state index in [1.807, 2.05) is 0 Å². The van der Waals surface area contributed by atoms with Gasteiger partial charge >= 0.3 is 18.3 Å². The Labute approximate surface area is 74.8 Å². The maximum absolute atomic E-state index is 12.0. The van der Waals surface area contributed by atoms with Crippen LogP contribution in [0, 0.1) is 5.41 Å². The molecule has 0 unspecified atom stereocenters. The molecular weight excluding hydrogens is 218 g/mol. The van der Waals surface area contributed by atoms with E-state index in [2.05, 4.69) is 4.74 Å². The minimum absolute atomic E-state index is 0.265. The molecule has 0 radical (unpaired) electrons. The minimum Gasteiger partial charge on any atom is -0.468 e. The Morgan fingerprint density at radius 1 is 1.00 bits per heavy atom. The van der Waals surface area contributed by atoms with E-state index >= 15 is 0 Å². The molecule has 0 amide bonds. The van der Waals surface area contributed by atoms with Gasteiger partial charge in [0.05, 0.1) is 7.11 Å². The molecule has 8 heteroatoms. The molecule has 2 nitrogen and oxygen atoms in total. The molecule has 0 bridgehead atoms. The fraction of sp³-hybridized carbons (Fsp3) is 0.833. The molecule has 0 saturated heterocycles. The summed E-state index contributed by atoms with van der Waals surface area (Å²) in [7, 11) is 0.456. The Balaban J connectivity index is 5.40. The monoisotopic (exact) mass is 224 g/mol. The Bertz CT molecular complexity index is 213. The summed E-state index contributed by atoms with van der Waals surface area (Å²) in [4.78, 5) is 10.5. The van der Waals surface area contributed by atoms with E-state index in [4.69, 9.17) is 0 Å². The number of carbonyl (C=O) groups is 1. The van der Waals surface area contributed by atoms with Crippen LogP contribution in [0.3, 0.4) is 0 Å². The van der Waals surface area contributed by atoms with Crippen LogP contribution in [-0.4, -0.2) is 25.4 Å². The molecule has 0 atom stereocenters. The highest BCUT2D eigenvalue weighted by molar-refractivity contribution is 5.78. The van der Waals surface area contributed by atoms with Gasteiger partial charge in [0.2, 0.25) is 0 Å². The summed E-state index contributed by atoms with van der Waals surface area (Å²) in [6.45, 7) is -0.265. The van der Waals surface area contributed by atoms with Gasteiger partial charge in [0.1, 0.15) is 0 Å². The number of carbonyl (C=O) groups excluding carboxylic acids is 1. The zero-order valence-electron chi connectivity index (χ0n) is 7.08. The fourth-order valence-corrected chi connectivity index (χ4v) is 0.596. The van der Waals surface area contributed by atoms with Gasteiger partial charge < -0.3 is 4.74 Å². The quantitative estimate of drug-likeness (QED) is 0.504. The molecule has 0 spiro atoms. The summed E-state index contributed by atoms with van der Waals surface area (Å²) in [6, 6.07) is 0. The van der Waals surface area contributed by atoms with Crippen molar-refractivity contribution in [2.45, 2.75) is 19.3 Å². The Morgan fingerprint density at radius 2 is 1.29 bits per heavy atom. The number of halogens is 6. The number of methoxy groups -OCH3 is 1. The number of ether oxygens (including phenoxy) is 1. The highest BCUT2D eigenvalue weighted by Gasteiger charge is 2.73. The van der Waals surface area contributed by atoms with E-state index in [0.29, 0.717) is 7.11 Å². The van der Waals surface area contributed by atoms with Crippen LogP contribution in [0.5, 0.6) is 0 Å². The van der Waals surface area contributed by atoms with Gasteiger partial charge in [-0.15, -0.1) is 0 Å². The molecule has 0 heterocycles. The van der Waals surface area contributed by atoms with Crippen molar-refractivity contribution in [3.8, 4) is 0 Å². The number of esters is 1. The second-order valence-electron chi connectivity index (χ2n) is 2.61. The lowest BCUT2D eigenvalue weighted by atomic mass is 9.89. The first-order valence-electron chi connectivity index (χ1n) is 3.20. The van der Waals surface area contributed by atoms with Crippen molar-refractivity contribution in [2.75, 3.05) is 7.11 Å². The van der Waals surface area contributed by atoms with Gasteiger partial charge in [-0.25, -0.2) is 0 Å². The lowest BCUT2D eigenvalue weighted by Crippen LogP contribution is -2.53. The van der Waals surface area contributed by atoms with Gasteiger partial charge in [-0.3, -0.25) is 4.79 Å². The van der Waals surface area contributed by atoms with Crippen molar-refractivity contribution >= 4 is 5.97 Å². The normalized spacial score (nSPS) is 14.0. The van der Waals surface area contributed by atoms with Crippen molar-refractivity contribution in [3.63, 3.8) is 0 Å². The summed E-state index contributed by atoms with van der Waals surface area (Å²) < 4.78 is 75.6. The Kier molecular flexibility index (Phi) is 3.10. The topological polar surface area (TPSA) is 26.3 Å². The van der Waals surface area contributed by atoms with Crippen LogP contribution in [0.2, 0.25) is 0 Å². The SMILES string of the molecule is COC(=O)C(C)(C(F)(F)F)C(F)(F)F. The molecule has 0 N–H and O–H groups in total. The van der Waals surface area contributed by atoms with Crippen molar-refractivity contribution in [3.05, 3.63) is 0 Å². The number of hydrogen-bond donors (Lipinski definition) is 0. The molecule has 0 aliphatic heterocycles. The molecule has 84 valence electrons. The van der Waals surface area contributed by atoms with Crippen LogP contribution in [-0.2, 0) is 9.53 Å². The molecule has 0 aromatic heterocycles. The maximum atomic E-state index is 12.0. The molecule has 0 rings (SSSR count). The molecule has 0 saturated carbocycles. The van der Waals surface area contributed by atoms with E-state index in [0.717, 1.165) is 0 Å². The molecule has 0 aliphatic rings. The Hall–Kier alpha value is -0.950. The van der Waals surface area contributed by atoms with Crippen LogP contribution in [0.15, 0.2) is 0 Å². The fourth-order valence-electron chi connectivity index (χ4n) is 0.596. The lowest BCUT2D eigenvalue weighted by Gasteiger charge is -2.30. The van der Waals surface area contributed by atoms with Gasteiger partial charge in [0, 0.05) is 0 Å². The zero-order valence-corrected chi connectivity index (χ0v) is 7.08. The molecule has 0 aromatic rings. The second-order valence-corrected chi connectivity index (χ2v) is 2.61. The van der Waals surface area contributed by atoms with E-state index in [9.17, 15) is 31.1 Å². The van der Waals surface area contributed by atoms with E-state index in [1.165, 1.54) is 0 Å². The Morgan fingerprint density at radius 3 is 1.36 bits per heavy atom. The molecule has 14 heavy (non-hydrogen) atoms. The van der Waals surface area contributed by atoms with Crippen LogP contribution < -0.4 is 0 Å². The third-order valence-corrected chi connectivity index (χ3v) is 1.73. The lowest BCUT2D eigenvalue weighted by molar-refractivity contribution is -0.325. The van der Waals surface area contributed by atoms with E-state index in [1.54, 1.807) is 0 Å². The summed E-state index contributed by atoms with van der Waals surface area (Å²) in [6.07, 6.45) is -11.5. The molecule has 0 aromatic carbocycles. The zero-order chi connectivity index (χ0) is 11.8. The van der Waals surface area contributed by atoms with Crippen molar-refractivity contribution in [1.29, 1.82) is 0 Å². The molecular formula is C6H6F6O2. The van der Waals surface area contributed by atoms with Crippen LogP contribution in [0.25, 0.3) is 0 Å². The predicted octanol–water partition coefficient (Wildman–Crippen LogP) is 2.29. The maximum Gasteiger partial charge on any atom is 0.413 e. The van der Waals surface area contributed by atoms with Crippen LogP contribution >= 0.6 is 0 Å². The second kappa shape index (κ2) is 3.32. The van der Waals surface area contributed by atoms with Crippen molar-refractivity contribution in [2.24, 2.45) is 5.41 Å². The highest BCUT2D eigenvalue weighted by atomic mass is 19.4. The summed E-state index contributed by atoms with van der Waals surface area (Å²) in [5, 5.41) is 0. The third-order valence-electron chi connectivity index (χ3n) is 1.73. The highest BCUT2D eigenvalue weighted by Crippen LogP contribution is 2.50. The average molecular weight is 224 g/mol. The number of rotatable bonds is 1. The van der Waals surface area contributed by atoms with Gasteiger partial charge in [-0.1, -0.05) is 0 Å². The van der Waals surface area contributed by atoms with E-state index < -0.39 is 23.7 Å². The van der Waals surface area contributed by atoms with Crippen LogP contribution in [0.4, 0.5) is 26.3 Å². The molecule has 0 fully saturated rings. The largest absolute Gasteiger partial charge is 0.468 e. The van der Waals surface area contributed by atoms with Gasteiger partial charge in [-0.2, -0.15) is 26.3 Å². The minimum atomic E-state index is -5.74. The first kappa shape index (κ1) is 13.0. The first-order chi connectivity index (χ1) is 5.98. The number of alkyl halides is 6. The average Bonchev–Trinajstić information content (AvgIpc) is 1.97. The first-order valence-corrected chi connectivity index (χ1v) is 3.20. The van der Waals surface area contributed by atoms with Crippen LogP contribution in [0.1, 0.15) is 6.92 Å². The summed E-state index contributed by atoms with van der Waals surface area (Å²) >= 11 is 0. The van der Waals surface area contributed by atoms with Gasteiger partial charge in [0.15, 0.2) is 0 Å². The molecule has 0 aliphatic carbocycles. The smallest absolute Gasteiger partial charge is 0.413 e. The standard InChI is InChI=1S/C6H6F6O2/c1-4(3(13)14-2,5(7,8)9)6(10,11)12/h1-2H3. The van der Waals surface area contributed by atoms with Gasteiger partial charge in [-0.05, 0) is 6.92 Å².